The van der Waals surface area contributed by atoms with E-state index < -0.39 is 17.8 Å². The quantitative estimate of drug-likeness (QED) is 0.737. The molecular formula is C11H11FO4. The molecule has 0 radical (unpaired) electrons. The average Bonchev–Trinajstić information content (AvgIpc) is 2.28. The van der Waals surface area contributed by atoms with Gasteiger partial charge in [0.15, 0.2) is 0 Å². The van der Waals surface area contributed by atoms with Gasteiger partial charge in [0.2, 0.25) is 0 Å². The van der Waals surface area contributed by atoms with E-state index >= 15 is 0 Å². The first kappa shape index (κ1) is 12.2. The molecule has 86 valence electrons. The fourth-order valence-corrected chi connectivity index (χ4v) is 1.18. The highest BCUT2D eigenvalue weighted by Crippen LogP contribution is 2.14. The van der Waals surface area contributed by atoms with E-state index in [1.807, 2.05) is 0 Å². The molecule has 0 aliphatic rings. The maximum Gasteiger partial charge on any atom is 0.339 e. The highest BCUT2D eigenvalue weighted by molar-refractivity contribution is 6.03. The molecule has 4 nitrogen and oxygen atoms in total. The number of ether oxygens (including phenoxy) is 2. The molecule has 0 aromatic heterocycles. The van der Waals surface area contributed by atoms with Gasteiger partial charge in [0, 0.05) is 0 Å². The van der Waals surface area contributed by atoms with E-state index in [0.717, 1.165) is 12.1 Å². The number of benzene rings is 1. The molecule has 0 atom stereocenters. The van der Waals surface area contributed by atoms with E-state index in [2.05, 4.69) is 4.74 Å². The van der Waals surface area contributed by atoms with Gasteiger partial charge < -0.3 is 9.47 Å². The topological polar surface area (TPSA) is 52.6 Å². The lowest BCUT2D eigenvalue weighted by molar-refractivity contribution is 0.0503. The Morgan fingerprint density at radius 2 is 1.94 bits per heavy atom. The first-order valence-electron chi connectivity index (χ1n) is 4.65. The lowest BCUT2D eigenvalue weighted by Gasteiger charge is -2.06. The van der Waals surface area contributed by atoms with E-state index in [4.69, 9.17) is 4.74 Å². The molecule has 0 saturated heterocycles. The van der Waals surface area contributed by atoms with E-state index in [9.17, 15) is 14.0 Å². The van der Waals surface area contributed by atoms with Crippen LogP contribution in [-0.4, -0.2) is 25.7 Å². The predicted octanol–water partition coefficient (Wildman–Crippen LogP) is 1.79. The molecule has 5 heteroatoms. The van der Waals surface area contributed by atoms with Crippen molar-refractivity contribution < 1.29 is 23.5 Å². The second kappa shape index (κ2) is 5.25. The number of hydrogen-bond acceptors (Lipinski definition) is 4. The Hall–Kier alpha value is -1.91. The summed E-state index contributed by atoms with van der Waals surface area (Å²) in [4.78, 5) is 22.7. The number of carbonyl (C=O) groups is 2. The molecule has 0 amide bonds. The van der Waals surface area contributed by atoms with Crippen LogP contribution in [-0.2, 0) is 9.47 Å². The van der Waals surface area contributed by atoms with Crippen molar-refractivity contribution in [1.82, 2.24) is 0 Å². The molecular weight excluding hydrogens is 215 g/mol. The van der Waals surface area contributed by atoms with E-state index in [0.29, 0.717) is 0 Å². The van der Waals surface area contributed by atoms with Gasteiger partial charge in [-0.2, -0.15) is 0 Å². The van der Waals surface area contributed by atoms with E-state index in [-0.39, 0.29) is 17.7 Å². The standard InChI is InChI=1S/C11H11FO4/c1-3-16-11(14)9-6-7(12)4-5-8(9)10(13)15-2/h4-6H,3H2,1-2H3. The highest BCUT2D eigenvalue weighted by Gasteiger charge is 2.19. The number of halogens is 1. The SMILES string of the molecule is CCOC(=O)c1cc(F)ccc1C(=O)OC. The van der Waals surface area contributed by atoms with Crippen LogP contribution < -0.4 is 0 Å². The van der Waals surface area contributed by atoms with Crippen molar-refractivity contribution in [3.8, 4) is 0 Å². The average molecular weight is 226 g/mol. The molecule has 0 aliphatic carbocycles. The number of methoxy groups -OCH3 is 1. The zero-order valence-electron chi connectivity index (χ0n) is 8.95. The maximum atomic E-state index is 13.0. The van der Waals surface area contributed by atoms with Gasteiger partial charge in [0.1, 0.15) is 5.82 Å². The summed E-state index contributed by atoms with van der Waals surface area (Å²) >= 11 is 0. The summed E-state index contributed by atoms with van der Waals surface area (Å²) in [6.45, 7) is 1.77. The van der Waals surface area contributed by atoms with Gasteiger partial charge in [-0.25, -0.2) is 14.0 Å². The van der Waals surface area contributed by atoms with Crippen molar-refractivity contribution in [2.45, 2.75) is 6.92 Å². The van der Waals surface area contributed by atoms with Crippen LogP contribution >= 0.6 is 0 Å². The zero-order valence-corrected chi connectivity index (χ0v) is 8.95. The third kappa shape index (κ3) is 2.56. The Morgan fingerprint density at radius 3 is 2.50 bits per heavy atom. The number of hydrogen-bond donors (Lipinski definition) is 0. The minimum Gasteiger partial charge on any atom is -0.465 e. The Morgan fingerprint density at radius 1 is 1.25 bits per heavy atom. The van der Waals surface area contributed by atoms with Crippen molar-refractivity contribution >= 4 is 11.9 Å². The smallest absolute Gasteiger partial charge is 0.339 e. The molecule has 0 saturated carbocycles. The Bertz CT molecular complexity index is 414. The van der Waals surface area contributed by atoms with Gasteiger partial charge in [0.25, 0.3) is 0 Å². The van der Waals surface area contributed by atoms with Crippen LogP contribution in [0, 0.1) is 5.82 Å². The van der Waals surface area contributed by atoms with Crippen molar-refractivity contribution in [2.24, 2.45) is 0 Å². The Kier molecular flexibility index (Phi) is 3.99. The Labute approximate surface area is 92.0 Å². The normalized spacial score (nSPS) is 9.69. The molecule has 0 aliphatic heterocycles. The molecule has 0 N–H and O–H groups in total. The molecule has 1 rings (SSSR count). The highest BCUT2D eigenvalue weighted by atomic mass is 19.1. The van der Waals surface area contributed by atoms with Crippen molar-refractivity contribution in [1.29, 1.82) is 0 Å². The maximum absolute atomic E-state index is 13.0. The predicted molar refractivity (Wildman–Crippen MR) is 53.7 cm³/mol. The molecule has 1 aromatic rings. The van der Waals surface area contributed by atoms with Gasteiger partial charge in [-0.3, -0.25) is 0 Å². The third-order valence-corrected chi connectivity index (χ3v) is 1.88. The van der Waals surface area contributed by atoms with Crippen LogP contribution in [0.25, 0.3) is 0 Å². The zero-order chi connectivity index (χ0) is 12.1. The van der Waals surface area contributed by atoms with Crippen LogP contribution in [0.2, 0.25) is 0 Å². The summed E-state index contributed by atoms with van der Waals surface area (Å²) in [5.74, 6) is -2.07. The first-order valence-corrected chi connectivity index (χ1v) is 4.65. The van der Waals surface area contributed by atoms with Gasteiger partial charge in [-0.05, 0) is 25.1 Å². The summed E-state index contributed by atoms with van der Waals surface area (Å²) in [6.07, 6.45) is 0. The van der Waals surface area contributed by atoms with Gasteiger partial charge in [-0.1, -0.05) is 0 Å². The number of carbonyl (C=O) groups excluding carboxylic acids is 2. The number of rotatable bonds is 3. The third-order valence-electron chi connectivity index (χ3n) is 1.88. The molecule has 0 spiro atoms. The van der Waals surface area contributed by atoms with Gasteiger partial charge >= 0.3 is 11.9 Å². The lowest BCUT2D eigenvalue weighted by Crippen LogP contribution is -2.13. The fraction of sp³-hybridized carbons (Fsp3) is 0.273. The minimum atomic E-state index is -0.748. The van der Waals surface area contributed by atoms with Gasteiger partial charge in [-0.15, -0.1) is 0 Å². The molecule has 0 bridgehead atoms. The van der Waals surface area contributed by atoms with Crippen LogP contribution in [0.15, 0.2) is 18.2 Å². The number of esters is 2. The second-order valence-corrected chi connectivity index (χ2v) is 2.90. The van der Waals surface area contributed by atoms with Gasteiger partial charge in [0.05, 0.1) is 24.8 Å². The summed E-state index contributed by atoms with van der Waals surface area (Å²) in [6, 6.07) is 3.21. The van der Waals surface area contributed by atoms with Crippen LogP contribution in [0.3, 0.4) is 0 Å². The summed E-state index contributed by atoms with van der Waals surface area (Å²) in [7, 11) is 1.18. The molecule has 16 heavy (non-hydrogen) atoms. The van der Waals surface area contributed by atoms with E-state index in [1.54, 1.807) is 6.92 Å². The van der Waals surface area contributed by atoms with Crippen molar-refractivity contribution in [3.63, 3.8) is 0 Å². The molecule has 1 aromatic carbocycles. The molecule has 0 heterocycles. The first-order chi connectivity index (χ1) is 7.60. The second-order valence-electron chi connectivity index (χ2n) is 2.90. The summed E-state index contributed by atoms with van der Waals surface area (Å²) in [5.41, 5.74) is -0.143. The minimum absolute atomic E-state index is 0.0117. The molecule has 0 fully saturated rings. The van der Waals surface area contributed by atoms with Crippen LogP contribution in [0.1, 0.15) is 27.6 Å². The van der Waals surface area contributed by atoms with Crippen molar-refractivity contribution in [2.75, 3.05) is 13.7 Å². The largest absolute Gasteiger partial charge is 0.465 e. The fourth-order valence-electron chi connectivity index (χ4n) is 1.18. The lowest BCUT2D eigenvalue weighted by atomic mass is 10.1. The van der Waals surface area contributed by atoms with E-state index in [1.165, 1.54) is 13.2 Å². The Balaban J connectivity index is 3.17. The monoisotopic (exact) mass is 226 g/mol. The summed E-state index contributed by atoms with van der Waals surface area (Å²) in [5, 5.41) is 0. The van der Waals surface area contributed by atoms with Crippen molar-refractivity contribution in [3.05, 3.63) is 35.1 Å². The van der Waals surface area contributed by atoms with Crippen LogP contribution in [0.5, 0.6) is 0 Å². The summed E-state index contributed by atoms with van der Waals surface area (Å²) < 4.78 is 22.1. The molecule has 0 unspecified atom stereocenters. The van der Waals surface area contributed by atoms with Crippen LogP contribution in [0.4, 0.5) is 4.39 Å².